The van der Waals surface area contributed by atoms with Crippen LogP contribution in [0.25, 0.3) is 0 Å². The van der Waals surface area contributed by atoms with E-state index < -0.39 is 0 Å². The zero-order chi connectivity index (χ0) is 15.2. The number of methoxy groups -OCH3 is 1. The Kier molecular flexibility index (Phi) is 12.8. The van der Waals surface area contributed by atoms with E-state index in [1.807, 2.05) is 7.05 Å². The minimum Gasteiger partial charge on any atom is -0.467 e. The molecule has 0 spiro atoms. The summed E-state index contributed by atoms with van der Waals surface area (Å²) in [5.41, 5.74) is 0. The maximum Gasteiger partial charge on any atom is 0.331 e. The highest BCUT2D eigenvalue weighted by Gasteiger charge is 2.14. The second-order valence-corrected chi connectivity index (χ2v) is 4.87. The molecule has 0 bridgehead atoms. The van der Waals surface area contributed by atoms with Crippen molar-refractivity contribution >= 4 is 5.97 Å². The van der Waals surface area contributed by atoms with E-state index in [9.17, 15) is 4.79 Å². The van der Waals surface area contributed by atoms with Gasteiger partial charge in [0.05, 0.1) is 13.2 Å². The third kappa shape index (κ3) is 11.2. The fourth-order valence-electron chi connectivity index (χ4n) is 1.88. The summed E-state index contributed by atoms with van der Waals surface area (Å²) in [6.45, 7) is 6.79. The SMILES string of the molecule is CCNCCC(CN(C)CCCNC)OCC(=O)OC. The molecule has 0 fully saturated rings. The van der Waals surface area contributed by atoms with Crippen LogP contribution in [0.5, 0.6) is 0 Å². The number of carbonyl (C=O) groups is 1. The minimum atomic E-state index is -0.323. The van der Waals surface area contributed by atoms with E-state index >= 15 is 0 Å². The molecular formula is C14H31N3O3. The average Bonchev–Trinajstić information content (AvgIpc) is 2.44. The predicted octanol–water partition coefficient (Wildman–Crippen LogP) is 0.0855. The molecule has 1 atom stereocenters. The summed E-state index contributed by atoms with van der Waals surface area (Å²) in [6.07, 6.45) is 2.04. The quantitative estimate of drug-likeness (QED) is 0.370. The van der Waals surface area contributed by atoms with Crippen LogP contribution in [0.1, 0.15) is 19.8 Å². The number of nitrogens with one attached hydrogen (secondary N) is 2. The van der Waals surface area contributed by atoms with E-state index in [2.05, 4.69) is 34.2 Å². The van der Waals surface area contributed by atoms with Crippen LogP contribution in [0.4, 0.5) is 0 Å². The van der Waals surface area contributed by atoms with Gasteiger partial charge in [-0.25, -0.2) is 4.79 Å². The van der Waals surface area contributed by atoms with Crippen molar-refractivity contribution in [2.24, 2.45) is 0 Å². The molecule has 0 aliphatic heterocycles. The Balaban J connectivity index is 4.03. The van der Waals surface area contributed by atoms with Gasteiger partial charge >= 0.3 is 5.97 Å². The number of rotatable bonds is 13. The van der Waals surface area contributed by atoms with Crippen LogP contribution < -0.4 is 10.6 Å². The van der Waals surface area contributed by atoms with Crippen LogP contribution in [-0.4, -0.2) is 77.5 Å². The smallest absolute Gasteiger partial charge is 0.331 e. The number of hydrogen-bond donors (Lipinski definition) is 2. The topological polar surface area (TPSA) is 62.8 Å². The van der Waals surface area contributed by atoms with E-state index in [0.717, 1.165) is 45.6 Å². The van der Waals surface area contributed by atoms with Gasteiger partial charge in [0.1, 0.15) is 6.61 Å². The van der Waals surface area contributed by atoms with Crippen LogP contribution in [0.2, 0.25) is 0 Å². The second-order valence-electron chi connectivity index (χ2n) is 4.87. The third-order valence-corrected chi connectivity index (χ3v) is 3.04. The fourth-order valence-corrected chi connectivity index (χ4v) is 1.88. The average molecular weight is 289 g/mol. The molecule has 6 nitrogen and oxygen atoms in total. The Labute approximate surface area is 123 Å². The normalized spacial score (nSPS) is 12.7. The maximum atomic E-state index is 11.2. The molecule has 2 N–H and O–H groups in total. The van der Waals surface area contributed by atoms with Gasteiger partial charge in [-0.2, -0.15) is 0 Å². The van der Waals surface area contributed by atoms with Crippen molar-refractivity contribution in [3.8, 4) is 0 Å². The molecule has 120 valence electrons. The first-order valence-corrected chi connectivity index (χ1v) is 7.36. The highest BCUT2D eigenvalue weighted by Crippen LogP contribution is 2.02. The van der Waals surface area contributed by atoms with E-state index in [0.29, 0.717) is 0 Å². The van der Waals surface area contributed by atoms with Gasteiger partial charge in [-0.15, -0.1) is 0 Å². The zero-order valence-corrected chi connectivity index (χ0v) is 13.4. The van der Waals surface area contributed by atoms with E-state index in [1.165, 1.54) is 7.11 Å². The van der Waals surface area contributed by atoms with Gasteiger partial charge in [-0.3, -0.25) is 0 Å². The summed E-state index contributed by atoms with van der Waals surface area (Å²) in [7, 11) is 5.42. The Morgan fingerprint density at radius 2 is 2.10 bits per heavy atom. The molecular weight excluding hydrogens is 258 g/mol. The van der Waals surface area contributed by atoms with Crippen LogP contribution in [0, 0.1) is 0 Å². The Bertz CT molecular complexity index is 240. The highest BCUT2D eigenvalue weighted by atomic mass is 16.6. The van der Waals surface area contributed by atoms with E-state index in [4.69, 9.17) is 4.74 Å². The first-order valence-electron chi connectivity index (χ1n) is 7.36. The molecule has 0 aliphatic rings. The van der Waals surface area contributed by atoms with Gasteiger partial charge < -0.3 is 25.0 Å². The number of ether oxygens (including phenoxy) is 2. The molecule has 0 rings (SSSR count). The molecule has 0 radical (unpaired) electrons. The predicted molar refractivity (Wildman–Crippen MR) is 81.0 cm³/mol. The van der Waals surface area contributed by atoms with Gasteiger partial charge in [0, 0.05) is 6.54 Å². The summed E-state index contributed by atoms with van der Waals surface area (Å²) in [5.74, 6) is -0.323. The summed E-state index contributed by atoms with van der Waals surface area (Å²) in [4.78, 5) is 13.4. The number of carbonyl (C=O) groups excluding carboxylic acids is 1. The molecule has 0 saturated heterocycles. The number of esters is 1. The molecule has 0 saturated carbocycles. The molecule has 0 heterocycles. The van der Waals surface area contributed by atoms with Crippen LogP contribution >= 0.6 is 0 Å². The standard InChI is InChI=1S/C14H31N3O3/c1-5-16-9-7-13(20-12-14(18)19-4)11-17(3)10-6-8-15-2/h13,15-16H,5-12H2,1-4H3. The third-order valence-electron chi connectivity index (χ3n) is 3.04. The second kappa shape index (κ2) is 13.3. The molecule has 1 unspecified atom stereocenters. The number of hydrogen-bond acceptors (Lipinski definition) is 6. The van der Waals surface area contributed by atoms with Crippen molar-refractivity contribution in [3.05, 3.63) is 0 Å². The van der Waals surface area contributed by atoms with Gasteiger partial charge in [0.2, 0.25) is 0 Å². The summed E-state index contributed by atoms with van der Waals surface area (Å²) in [5, 5.41) is 6.42. The lowest BCUT2D eigenvalue weighted by Crippen LogP contribution is -2.36. The van der Waals surface area contributed by atoms with Crippen molar-refractivity contribution in [2.45, 2.75) is 25.9 Å². The van der Waals surface area contributed by atoms with Crippen molar-refractivity contribution < 1.29 is 14.3 Å². The molecule has 0 aromatic heterocycles. The first kappa shape index (κ1) is 19.3. The van der Waals surface area contributed by atoms with Gasteiger partial charge in [-0.1, -0.05) is 6.92 Å². The number of likely N-dealkylation sites (N-methyl/N-ethyl adjacent to an activating group) is 1. The lowest BCUT2D eigenvalue weighted by molar-refractivity contribution is -0.148. The Morgan fingerprint density at radius 1 is 1.35 bits per heavy atom. The Hall–Kier alpha value is -0.690. The molecule has 0 amide bonds. The van der Waals surface area contributed by atoms with Crippen LogP contribution in [0.3, 0.4) is 0 Å². The molecule has 0 aromatic rings. The van der Waals surface area contributed by atoms with E-state index in [1.54, 1.807) is 0 Å². The summed E-state index contributed by atoms with van der Waals surface area (Å²) in [6, 6.07) is 0. The van der Waals surface area contributed by atoms with Crippen molar-refractivity contribution in [1.82, 2.24) is 15.5 Å². The first-order chi connectivity index (χ1) is 9.63. The summed E-state index contributed by atoms with van der Waals surface area (Å²) < 4.78 is 10.3. The maximum absolute atomic E-state index is 11.2. The Morgan fingerprint density at radius 3 is 2.70 bits per heavy atom. The minimum absolute atomic E-state index is 0.0254. The lowest BCUT2D eigenvalue weighted by Gasteiger charge is -2.24. The van der Waals surface area contributed by atoms with Crippen molar-refractivity contribution in [3.63, 3.8) is 0 Å². The molecule has 6 heteroatoms. The zero-order valence-electron chi connectivity index (χ0n) is 13.4. The van der Waals surface area contributed by atoms with E-state index in [-0.39, 0.29) is 18.7 Å². The van der Waals surface area contributed by atoms with Gasteiger partial charge in [0.15, 0.2) is 0 Å². The molecule has 20 heavy (non-hydrogen) atoms. The molecule has 0 aromatic carbocycles. The van der Waals surface area contributed by atoms with Gasteiger partial charge in [-0.05, 0) is 53.1 Å². The molecule has 0 aliphatic carbocycles. The van der Waals surface area contributed by atoms with Crippen LogP contribution in [-0.2, 0) is 14.3 Å². The van der Waals surface area contributed by atoms with Crippen molar-refractivity contribution in [1.29, 1.82) is 0 Å². The van der Waals surface area contributed by atoms with Crippen LogP contribution in [0.15, 0.2) is 0 Å². The van der Waals surface area contributed by atoms with Gasteiger partial charge in [0.25, 0.3) is 0 Å². The number of nitrogens with zero attached hydrogens (tertiary/aromatic N) is 1. The largest absolute Gasteiger partial charge is 0.467 e. The van der Waals surface area contributed by atoms with Crippen molar-refractivity contribution in [2.75, 3.05) is 60.5 Å². The lowest BCUT2D eigenvalue weighted by atomic mass is 10.2. The fraction of sp³-hybridized carbons (Fsp3) is 0.929. The summed E-state index contributed by atoms with van der Waals surface area (Å²) >= 11 is 0. The highest BCUT2D eigenvalue weighted by molar-refractivity contribution is 5.70. The monoisotopic (exact) mass is 289 g/mol.